The van der Waals surface area contributed by atoms with Crippen LogP contribution in [0.4, 0.5) is 0 Å². The van der Waals surface area contributed by atoms with Gasteiger partial charge >= 0.3 is 0 Å². The van der Waals surface area contributed by atoms with Crippen molar-refractivity contribution in [3.8, 4) is 0 Å². The highest BCUT2D eigenvalue weighted by molar-refractivity contribution is 5.78. The second-order valence-electron chi connectivity index (χ2n) is 2.77. The number of amides is 1. The van der Waals surface area contributed by atoms with Crippen molar-refractivity contribution in [2.24, 2.45) is 5.73 Å². The number of ether oxygens (including phenoxy) is 2. The highest BCUT2D eigenvalue weighted by atomic mass is 16.7. The molecule has 0 aromatic heterocycles. The standard InChI is InChI=1S/C7H15NO3/c1-5(6(8)9)11-7(2,3)10-4/h5H,1-4H3,(H2,8,9)/t5-/m1/s1. The number of methoxy groups -OCH3 is 1. The topological polar surface area (TPSA) is 61.6 Å². The lowest BCUT2D eigenvalue weighted by molar-refractivity contribution is -0.218. The lowest BCUT2D eigenvalue weighted by Gasteiger charge is -2.25. The molecule has 11 heavy (non-hydrogen) atoms. The van der Waals surface area contributed by atoms with E-state index >= 15 is 0 Å². The second-order valence-corrected chi connectivity index (χ2v) is 2.77. The van der Waals surface area contributed by atoms with E-state index in [1.807, 2.05) is 0 Å². The zero-order valence-corrected chi connectivity index (χ0v) is 7.38. The van der Waals surface area contributed by atoms with Gasteiger partial charge in [0.15, 0.2) is 5.79 Å². The Morgan fingerprint density at radius 1 is 1.55 bits per heavy atom. The molecule has 0 aromatic carbocycles. The molecule has 0 aromatic rings. The normalized spacial score (nSPS) is 14.5. The number of hydrogen-bond donors (Lipinski definition) is 1. The Morgan fingerprint density at radius 2 is 2.00 bits per heavy atom. The average molecular weight is 161 g/mol. The minimum Gasteiger partial charge on any atom is -0.367 e. The van der Waals surface area contributed by atoms with Crippen molar-refractivity contribution in [2.45, 2.75) is 32.7 Å². The number of nitrogens with two attached hydrogens (primary N) is 1. The third-order valence-electron chi connectivity index (χ3n) is 1.35. The molecule has 0 saturated heterocycles. The van der Waals surface area contributed by atoms with Crippen molar-refractivity contribution in [3.63, 3.8) is 0 Å². The zero-order valence-electron chi connectivity index (χ0n) is 7.38. The van der Waals surface area contributed by atoms with E-state index in [4.69, 9.17) is 15.2 Å². The van der Waals surface area contributed by atoms with Crippen LogP contribution in [0.25, 0.3) is 0 Å². The smallest absolute Gasteiger partial charge is 0.246 e. The number of rotatable bonds is 4. The molecule has 0 heterocycles. The fraction of sp³-hybridized carbons (Fsp3) is 0.857. The molecular weight excluding hydrogens is 146 g/mol. The first kappa shape index (κ1) is 10.4. The molecule has 0 aliphatic rings. The molecule has 1 amide bonds. The summed E-state index contributed by atoms with van der Waals surface area (Å²) in [4.78, 5) is 10.5. The zero-order chi connectivity index (χ0) is 9.07. The fourth-order valence-corrected chi connectivity index (χ4v) is 0.532. The summed E-state index contributed by atoms with van der Waals surface area (Å²) in [6.45, 7) is 5.02. The van der Waals surface area contributed by atoms with Gasteiger partial charge in [-0.1, -0.05) is 0 Å². The van der Waals surface area contributed by atoms with Gasteiger partial charge in [0.1, 0.15) is 6.10 Å². The van der Waals surface area contributed by atoms with Crippen molar-refractivity contribution in [2.75, 3.05) is 7.11 Å². The Bertz CT molecular complexity index is 145. The molecular formula is C7H15NO3. The van der Waals surface area contributed by atoms with Gasteiger partial charge in [-0.2, -0.15) is 0 Å². The molecule has 0 spiro atoms. The van der Waals surface area contributed by atoms with Crippen molar-refractivity contribution < 1.29 is 14.3 Å². The Balaban J connectivity index is 3.93. The molecule has 0 saturated carbocycles. The van der Waals surface area contributed by atoms with Crippen LogP contribution in [0.5, 0.6) is 0 Å². The predicted molar refractivity (Wildman–Crippen MR) is 40.8 cm³/mol. The third-order valence-corrected chi connectivity index (χ3v) is 1.35. The summed E-state index contributed by atoms with van der Waals surface area (Å²) in [6.07, 6.45) is -0.620. The summed E-state index contributed by atoms with van der Waals surface area (Å²) in [6, 6.07) is 0. The number of primary amides is 1. The summed E-state index contributed by atoms with van der Waals surface area (Å²) in [5.74, 6) is -1.25. The van der Waals surface area contributed by atoms with Crippen LogP contribution in [-0.2, 0) is 14.3 Å². The first-order valence-corrected chi connectivity index (χ1v) is 3.41. The van der Waals surface area contributed by atoms with Gasteiger partial charge in [0, 0.05) is 7.11 Å². The van der Waals surface area contributed by atoms with Gasteiger partial charge in [-0.05, 0) is 20.8 Å². The minimum atomic E-state index is -0.756. The van der Waals surface area contributed by atoms with Gasteiger partial charge in [-0.15, -0.1) is 0 Å². The molecule has 0 rings (SSSR count). The maximum Gasteiger partial charge on any atom is 0.246 e. The van der Waals surface area contributed by atoms with Crippen LogP contribution >= 0.6 is 0 Å². The highest BCUT2D eigenvalue weighted by Gasteiger charge is 2.22. The predicted octanol–water partition coefficient (Wildman–Crippen LogP) is 0.259. The Hall–Kier alpha value is -0.610. The van der Waals surface area contributed by atoms with E-state index in [1.165, 1.54) is 7.11 Å². The van der Waals surface area contributed by atoms with Crippen LogP contribution in [0.3, 0.4) is 0 Å². The summed E-state index contributed by atoms with van der Waals surface area (Å²) >= 11 is 0. The molecule has 0 bridgehead atoms. The Morgan fingerprint density at radius 3 is 2.27 bits per heavy atom. The summed E-state index contributed by atoms with van der Waals surface area (Å²) in [5.41, 5.74) is 4.98. The molecule has 2 N–H and O–H groups in total. The summed E-state index contributed by atoms with van der Waals surface area (Å²) in [5, 5.41) is 0. The second kappa shape index (κ2) is 3.69. The largest absolute Gasteiger partial charge is 0.367 e. The molecule has 0 aliphatic carbocycles. The van der Waals surface area contributed by atoms with Crippen LogP contribution in [-0.4, -0.2) is 24.9 Å². The van der Waals surface area contributed by atoms with Crippen molar-refractivity contribution in [1.29, 1.82) is 0 Å². The van der Waals surface area contributed by atoms with Crippen molar-refractivity contribution >= 4 is 5.91 Å². The van der Waals surface area contributed by atoms with Crippen molar-refractivity contribution in [3.05, 3.63) is 0 Å². The molecule has 66 valence electrons. The van der Waals surface area contributed by atoms with Gasteiger partial charge in [0.25, 0.3) is 0 Å². The molecule has 0 radical (unpaired) electrons. The lowest BCUT2D eigenvalue weighted by atomic mass is 10.3. The molecule has 1 atom stereocenters. The van der Waals surface area contributed by atoms with Crippen LogP contribution in [0.15, 0.2) is 0 Å². The monoisotopic (exact) mass is 161 g/mol. The van der Waals surface area contributed by atoms with E-state index < -0.39 is 17.8 Å². The maximum atomic E-state index is 10.5. The van der Waals surface area contributed by atoms with E-state index in [9.17, 15) is 4.79 Å². The SMILES string of the molecule is COC(C)(C)O[C@H](C)C(N)=O. The van der Waals surface area contributed by atoms with E-state index in [-0.39, 0.29) is 0 Å². The average Bonchev–Trinajstić information content (AvgIpc) is 1.87. The Kier molecular flexibility index (Phi) is 3.48. The highest BCUT2D eigenvalue weighted by Crippen LogP contribution is 2.11. The van der Waals surface area contributed by atoms with Gasteiger partial charge < -0.3 is 15.2 Å². The van der Waals surface area contributed by atoms with Gasteiger partial charge in [-0.25, -0.2) is 0 Å². The third kappa shape index (κ3) is 3.95. The Labute approximate surface area is 66.7 Å². The van der Waals surface area contributed by atoms with E-state index in [0.717, 1.165) is 0 Å². The number of carbonyl (C=O) groups is 1. The maximum absolute atomic E-state index is 10.5. The van der Waals surface area contributed by atoms with Gasteiger partial charge in [0.05, 0.1) is 0 Å². The molecule has 0 unspecified atom stereocenters. The first-order chi connectivity index (χ1) is 4.89. The quantitative estimate of drug-likeness (QED) is 0.601. The molecule has 4 heteroatoms. The van der Waals surface area contributed by atoms with Crippen LogP contribution in [0.1, 0.15) is 20.8 Å². The summed E-state index contributed by atoms with van der Waals surface area (Å²) < 4.78 is 10.1. The van der Waals surface area contributed by atoms with Crippen LogP contribution in [0, 0.1) is 0 Å². The molecule has 0 aliphatic heterocycles. The molecule has 0 fully saturated rings. The lowest BCUT2D eigenvalue weighted by Crippen LogP contribution is -2.38. The van der Waals surface area contributed by atoms with Crippen molar-refractivity contribution in [1.82, 2.24) is 0 Å². The van der Waals surface area contributed by atoms with E-state index in [1.54, 1.807) is 20.8 Å². The fourth-order valence-electron chi connectivity index (χ4n) is 0.532. The van der Waals surface area contributed by atoms with E-state index in [0.29, 0.717) is 0 Å². The van der Waals surface area contributed by atoms with E-state index in [2.05, 4.69) is 0 Å². The van der Waals surface area contributed by atoms with Gasteiger partial charge in [0.2, 0.25) is 5.91 Å². The molecule has 4 nitrogen and oxygen atoms in total. The van der Waals surface area contributed by atoms with Gasteiger partial charge in [-0.3, -0.25) is 4.79 Å². The van der Waals surface area contributed by atoms with Crippen LogP contribution in [0.2, 0.25) is 0 Å². The number of hydrogen-bond acceptors (Lipinski definition) is 3. The first-order valence-electron chi connectivity index (χ1n) is 3.41. The number of carbonyl (C=O) groups excluding carboxylic acids is 1. The minimum absolute atomic E-state index is 0.491. The summed E-state index contributed by atoms with van der Waals surface area (Å²) in [7, 11) is 1.51. The van der Waals surface area contributed by atoms with Crippen LogP contribution < -0.4 is 5.73 Å².